The summed E-state index contributed by atoms with van der Waals surface area (Å²) in [5.74, 6) is -2.58. The summed E-state index contributed by atoms with van der Waals surface area (Å²) in [6, 6.07) is 11.7. The number of pyridine rings is 2. The lowest BCUT2D eigenvalue weighted by Crippen LogP contribution is -2.52. The van der Waals surface area contributed by atoms with Crippen molar-refractivity contribution in [1.82, 2.24) is 25.9 Å². The van der Waals surface area contributed by atoms with Gasteiger partial charge in [0.25, 0.3) is 5.91 Å². The van der Waals surface area contributed by atoms with Crippen molar-refractivity contribution in [3.63, 3.8) is 0 Å². The Morgan fingerprint density at radius 2 is 1.82 bits per heavy atom. The third-order valence-electron chi connectivity index (χ3n) is 8.53. The van der Waals surface area contributed by atoms with Gasteiger partial charge in [0, 0.05) is 35.3 Å². The van der Waals surface area contributed by atoms with E-state index in [4.69, 9.17) is 9.47 Å². The van der Waals surface area contributed by atoms with Crippen molar-refractivity contribution < 1.29 is 46.5 Å². The zero-order valence-electron chi connectivity index (χ0n) is 26.3. The van der Waals surface area contributed by atoms with Crippen molar-refractivity contribution in [2.75, 3.05) is 26.7 Å². The number of aliphatic hydroxyl groups is 1. The molecule has 0 saturated heterocycles. The van der Waals surface area contributed by atoms with Gasteiger partial charge < -0.3 is 30.5 Å². The summed E-state index contributed by atoms with van der Waals surface area (Å²) in [4.78, 5) is 47.0. The van der Waals surface area contributed by atoms with E-state index in [1.807, 2.05) is 0 Å². The van der Waals surface area contributed by atoms with Crippen LogP contribution in [0.25, 0.3) is 22.2 Å². The molecule has 11 nitrogen and oxygen atoms in total. The van der Waals surface area contributed by atoms with E-state index in [9.17, 15) is 37.1 Å². The average Bonchev–Trinajstić information content (AvgIpc) is 3.84. The van der Waals surface area contributed by atoms with Crippen LogP contribution in [-0.4, -0.2) is 71.8 Å². The predicted molar refractivity (Wildman–Crippen MR) is 167 cm³/mol. The van der Waals surface area contributed by atoms with Crippen LogP contribution in [0.1, 0.15) is 41.4 Å². The van der Waals surface area contributed by atoms with E-state index in [1.165, 1.54) is 38.2 Å². The minimum absolute atomic E-state index is 0.0247. The zero-order chi connectivity index (χ0) is 35.1. The van der Waals surface area contributed by atoms with Gasteiger partial charge in [-0.05, 0) is 68.3 Å². The first-order valence-corrected chi connectivity index (χ1v) is 15.3. The molecule has 15 heteroatoms. The molecule has 49 heavy (non-hydrogen) atoms. The smallest absolute Gasteiger partial charge is 0.424 e. The van der Waals surface area contributed by atoms with E-state index < -0.39 is 59.5 Å². The van der Waals surface area contributed by atoms with Crippen LogP contribution in [0, 0.1) is 5.82 Å². The first-order valence-electron chi connectivity index (χ1n) is 15.3. The number of rotatable bonds is 10. The number of fused-ring (bicyclic) bond motifs is 2. The van der Waals surface area contributed by atoms with Gasteiger partial charge in [0.1, 0.15) is 40.5 Å². The largest absolute Gasteiger partial charge is 0.489 e. The molecule has 2 aromatic heterocycles. The van der Waals surface area contributed by atoms with Crippen molar-refractivity contribution in [3.05, 3.63) is 83.4 Å². The molecule has 2 aliphatic rings. The normalized spacial score (nSPS) is 18.2. The number of carbonyl (C=O) groups is 3. The Morgan fingerprint density at radius 3 is 2.49 bits per heavy atom. The molecule has 4 N–H and O–H groups in total. The van der Waals surface area contributed by atoms with Gasteiger partial charge >= 0.3 is 6.18 Å². The maximum absolute atomic E-state index is 14.9. The second-order valence-corrected chi connectivity index (χ2v) is 12.1. The van der Waals surface area contributed by atoms with Crippen LogP contribution in [0.5, 0.6) is 11.5 Å². The topological polar surface area (TPSA) is 152 Å². The molecule has 0 unspecified atom stereocenters. The Labute approximate surface area is 277 Å². The molecule has 4 aromatic rings. The lowest BCUT2D eigenvalue weighted by molar-refractivity contribution is -0.265. The number of likely N-dealkylation sites (N-methyl/N-ethyl adjacent to an activating group) is 1. The molecule has 2 atom stereocenters. The Balaban J connectivity index is 1.39. The van der Waals surface area contributed by atoms with Gasteiger partial charge in [0.15, 0.2) is 0 Å². The summed E-state index contributed by atoms with van der Waals surface area (Å²) >= 11 is 0. The quantitative estimate of drug-likeness (QED) is 0.185. The number of nitrogens with zero attached hydrogens (tertiary/aromatic N) is 2. The average molecular weight is 682 g/mol. The summed E-state index contributed by atoms with van der Waals surface area (Å²) in [7, 11) is 1.37. The Kier molecular flexibility index (Phi) is 8.65. The number of benzene rings is 2. The molecule has 6 rings (SSSR count). The standard InChI is InChI=1S/C34H31F4N5O6/c1-32(31(46)41-15-26(44)39-2)17-48-29-23(32)14-25(43-28(29)18-5-7-21(35)8-6-18)33(47,34(36,37)38)16-42-30(45)20-12-19-4-3-11-40-27(19)24(13-20)49-22-9-10-22/h3-8,11-14,22,47H,9-10,15-17H2,1-2H3,(H,39,44)(H,41,46)(H,42,45)/t32-,33-/m0/s1. The van der Waals surface area contributed by atoms with Gasteiger partial charge in [-0.3, -0.25) is 19.4 Å². The van der Waals surface area contributed by atoms with Gasteiger partial charge in [0.2, 0.25) is 17.4 Å². The Morgan fingerprint density at radius 1 is 1.08 bits per heavy atom. The monoisotopic (exact) mass is 681 g/mol. The van der Waals surface area contributed by atoms with Crippen LogP contribution in [-0.2, 0) is 20.6 Å². The van der Waals surface area contributed by atoms with Crippen LogP contribution in [0.3, 0.4) is 0 Å². The minimum atomic E-state index is -5.40. The summed E-state index contributed by atoms with van der Waals surface area (Å²) in [5, 5.41) is 19.0. The summed E-state index contributed by atoms with van der Waals surface area (Å²) in [6.45, 7) is -0.723. The van der Waals surface area contributed by atoms with Crippen molar-refractivity contribution >= 4 is 28.6 Å². The van der Waals surface area contributed by atoms with E-state index >= 15 is 0 Å². The lowest BCUT2D eigenvalue weighted by atomic mass is 9.81. The van der Waals surface area contributed by atoms with E-state index in [-0.39, 0.29) is 40.8 Å². The lowest BCUT2D eigenvalue weighted by Gasteiger charge is -2.31. The highest BCUT2D eigenvalue weighted by Crippen LogP contribution is 2.48. The van der Waals surface area contributed by atoms with Gasteiger partial charge in [-0.1, -0.05) is 6.07 Å². The molecule has 256 valence electrons. The summed E-state index contributed by atoms with van der Waals surface area (Å²) in [6.07, 6.45) is -2.27. The first-order chi connectivity index (χ1) is 23.2. The number of halogens is 4. The number of nitrogens with one attached hydrogen (secondary N) is 3. The second kappa shape index (κ2) is 12.6. The molecule has 3 heterocycles. The van der Waals surface area contributed by atoms with E-state index in [2.05, 4.69) is 25.9 Å². The van der Waals surface area contributed by atoms with E-state index in [0.29, 0.717) is 16.7 Å². The van der Waals surface area contributed by atoms with Crippen molar-refractivity contribution in [2.24, 2.45) is 0 Å². The Hall–Kier alpha value is -5.31. The number of alkyl halides is 3. The van der Waals surface area contributed by atoms with Gasteiger partial charge in [-0.15, -0.1) is 0 Å². The molecule has 2 aromatic carbocycles. The molecule has 0 spiro atoms. The summed E-state index contributed by atoms with van der Waals surface area (Å²) in [5.41, 5.74) is -6.03. The highest BCUT2D eigenvalue weighted by Gasteiger charge is 2.58. The third kappa shape index (κ3) is 6.45. The Bertz CT molecular complexity index is 1950. The van der Waals surface area contributed by atoms with Crippen LogP contribution >= 0.6 is 0 Å². The maximum Gasteiger partial charge on any atom is 0.424 e. The molecule has 0 radical (unpaired) electrons. The number of hydrogen-bond donors (Lipinski definition) is 4. The first kappa shape index (κ1) is 33.6. The number of aromatic nitrogens is 2. The van der Waals surface area contributed by atoms with Crippen molar-refractivity contribution in [3.8, 4) is 22.8 Å². The number of ether oxygens (including phenoxy) is 2. The predicted octanol–water partition coefficient (Wildman–Crippen LogP) is 3.67. The fourth-order valence-electron chi connectivity index (χ4n) is 5.42. The van der Waals surface area contributed by atoms with Crippen molar-refractivity contribution in [2.45, 2.75) is 43.1 Å². The minimum Gasteiger partial charge on any atom is -0.489 e. The van der Waals surface area contributed by atoms with Crippen LogP contribution in [0.4, 0.5) is 17.6 Å². The molecule has 0 bridgehead atoms. The molecular formula is C34H31F4N5O6. The molecule has 1 aliphatic carbocycles. The van der Waals surface area contributed by atoms with Crippen LogP contribution < -0.4 is 25.4 Å². The fourth-order valence-corrected chi connectivity index (χ4v) is 5.42. The summed E-state index contributed by atoms with van der Waals surface area (Å²) < 4.78 is 70.3. The molecule has 1 fully saturated rings. The van der Waals surface area contributed by atoms with Gasteiger partial charge in [0.05, 0.1) is 24.9 Å². The number of amides is 3. The zero-order valence-corrected chi connectivity index (χ0v) is 26.3. The van der Waals surface area contributed by atoms with Crippen LogP contribution in [0.2, 0.25) is 0 Å². The van der Waals surface area contributed by atoms with Gasteiger partial charge in [-0.25, -0.2) is 9.37 Å². The molecule has 3 amide bonds. The van der Waals surface area contributed by atoms with Gasteiger partial charge in [-0.2, -0.15) is 13.2 Å². The van der Waals surface area contributed by atoms with E-state index in [0.717, 1.165) is 31.0 Å². The highest BCUT2D eigenvalue weighted by atomic mass is 19.4. The number of hydrogen-bond acceptors (Lipinski definition) is 8. The maximum atomic E-state index is 14.9. The second-order valence-electron chi connectivity index (χ2n) is 12.1. The third-order valence-corrected chi connectivity index (χ3v) is 8.53. The molecular weight excluding hydrogens is 650 g/mol. The van der Waals surface area contributed by atoms with E-state index in [1.54, 1.807) is 18.3 Å². The van der Waals surface area contributed by atoms with Crippen LogP contribution in [0.15, 0.2) is 60.8 Å². The SMILES string of the molecule is CNC(=O)CNC(=O)[C@@]1(C)COc2c1cc([C@@](O)(CNC(=O)c1cc(OC3CC3)c3ncccc3c1)C(F)(F)F)nc2-c1ccc(F)cc1. The number of carbonyl (C=O) groups excluding carboxylic acids is 3. The van der Waals surface area contributed by atoms with Crippen molar-refractivity contribution in [1.29, 1.82) is 0 Å². The highest BCUT2D eigenvalue weighted by molar-refractivity contribution is 6.00. The fraction of sp³-hybridized carbons (Fsp3) is 0.324. The molecule has 1 saturated carbocycles. The molecule has 1 aliphatic heterocycles.